The summed E-state index contributed by atoms with van der Waals surface area (Å²) in [6.07, 6.45) is -1.36. The molecule has 12 heteroatoms. The van der Waals surface area contributed by atoms with Crippen LogP contribution in [0, 0.1) is 5.92 Å². The van der Waals surface area contributed by atoms with Crippen LogP contribution >= 0.6 is 0 Å². The lowest BCUT2D eigenvalue weighted by Gasteiger charge is -2.27. The zero-order valence-corrected chi connectivity index (χ0v) is 22.5. The van der Waals surface area contributed by atoms with Crippen LogP contribution in [0.3, 0.4) is 0 Å². The van der Waals surface area contributed by atoms with E-state index in [0.29, 0.717) is 12.1 Å². The Labute approximate surface area is 230 Å². The number of rotatable bonds is 11. The minimum Gasteiger partial charge on any atom is -0.481 e. The van der Waals surface area contributed by atoms with Crippen molar-refractivity contribution in [2.75, 3.05) is 11.9 Å². The summed E-state index contributed by atoms with van der Waals surface area (Å²) in [6.45, 7) is 4.39. The number of carboxylic acid groups (broad SMARTS) is 1. The zero-order chi connectivity index (χ0) is 29.4. The van der Waals surface area contributed by atoms with Gasteiger partial charge in [0.25, 0.3) is 0 Å². The first-order valence-electron chi connectivity index (χ1n) is 12.9. The van der Waals surface area contributed by atoms with Crippen molar-refractivity contribution >= 4 is 51.9 Å². The molecule has 1 aliphatic heterocycles. The van der Waals surface area contributed by atoms with Crippen molar-refractivity contribution in [2.24, 2.45) is 5.92 Å². The van der Waals surface area contributed by atoms with Gasteiger partial charge in [0, 0.05) is 17.5 Å². The number of nitrogens with one attached hydrogen (secondary N) is 3. The van der Waals surface area contributed by atoms with Gasteiger partial charge < -0.3 is 30.5 Å². The summed E-state index contributed by atoms with van der Waals surface area (Å²) >= 11 is 0. The van der Waals surface area contributed by atoms with Crippen LogP contribution in [0.4, 0.5) is 5.69 Å². The van der Waals surface area contributed by atoms with E-state index < -0.39 is 72.6 Å². The zero-order valence-electron chi connectivity index (χ0n) is 22.5. The molecule has 2 aromatic carbocycles. The number of anilines is 1. The van der Waals surface area contributed by atoms with Crippen molar-refractivity contribution in [3.63, 3.8) is 0 Å². The molecule has 1 saturated heterocycles. The van der Waals surface area contributed by atoms with E-state index in [1.807, 2.05) is 18.2 Å². The van der Waals surface area contributed by atoms with Gasteiger partial charge in [0.05, 0.1) is 18.9 Å². The Morgan fingerprint density at radius 2 is 1.73 bits per heavy atom. The second-order valence-electron chi connectivity index (χ2n) is 9.97. The fourth-order valence-corrected chi connectivity index (χ4v) is 4.32. The Balaban J connectivity index is 1.63. The van der Waals surface area contributed by atoms with Crippen molar-refractivity contribution in [1.29, 1.82) is 0 Å². The molecule has 12 nitrogen and oxygen atoms in total. The molecule has 2 aromatic rings. The van der Waals surface area contributed by atoms with Crippen LogP contribution in [0.1, 0.15) is 40.0 Å². The number of carboxylic acids is 1. The maximum absolute atomic E-state index is 13.1. The molecule has 0 spiro atoms. The first-order chi connectivity index (χ1) is 18.9. The summed E-state index contributed by atoms with van der Waals surface area (Å²) < 4.78 is 10.5. The van der Waals surface area contributed by atoms with E-state index in [0.717, 1.165) is 10.8 Å². The molecule has 4 N–H and O–H groups in total. The Morgan fingerprint density at radius 3 is 2.40 bits per heavy atom. The number of ketones is 1. The molecule has 1 aliphatic rings. The average Bonchev–Trinajstić information content (AvgIpc) is 2.89. The van der Waals surface area contributed by atoms with E-state index in [1.54, 1.807) is 45.0 Å². The second kappa shape index (κ2) is 13.7. The molecule has 0 aromatic heterocycles. The third-order valence-electron chi connectivity index (χ3n) is 6.35. The van der Waals surface area contributed by atoms with Crippen molar-refractivity contribution in [3.8, 4) is 0 Å². The lowest BCUT2D eigenvalue weighted by molar-refractivity contribution is -0.162. The second-order valence-corrected chi connectivity index (χ2v) is 9.97. The summed E-state index contributed by atoms with van der Waals surface area (Å²) in [5, 5.41) is 18.1. The lowest BCUT2D eigenvalue weighted by Crippen LogP contribution is -2.56. The number of aliphatic carboxylic acids is 1. The van der Waals surface area contributed by atoms with Crippen LogP contribution in [-0.2, 0) is 38.2 Å². The normalized spacial score (nSPS) is 18.4. The van der Waals surface area contributed by atoms with Gasteiger partial charge in [0.2, 0.25) is 5.91 Å². The van der Waals surface area contributed by atoms with Crippen LogP contribution in [0.2, 0.25) is 0 Å². The minimum absolute atomic E-state index is 0.0458. The highest BCUT2D eigenvalue weighted by Crippen LogP contribution is 2.23. The number of hydrogen-bond acceptors (Lipinski definition) is 8. The number of carbonyl (C=O) groups is 6. The van der Waals surface area contributed by atoms with Gasteiger partial charge in [-0.05, 0) is 24.3 Å². The first kappa shape index (κ1) is 30.2. The Bertz CT molecular complexity index is 1290. The maximum atomic E-state index is 13.1. The number of carbonyl (C=O) groups excluding carboxylic acids is 5. The average molecular weight is 556 g/mol. The van der Waals surface area contributed by atoms with Gasteiger partial charge in [-0.15, -0.1) is 0 Å². The standard InChI is InChI=1S/C28H33N3O9/c1-15(2)25(31-28(38)27(37)29-20-10-6-8-17-7-4-5-9-19(17)20)26(36)30-21(13-23(33)34)22(32)14-39-18-11-16(3)40-24(35)12-18/h4-10,15-16,18,21,25H,11-14H2,1-3H3,(H,29,37)(H,30,36)(H,31,38)(H,33,34)/t16?,18?,21-,25-/m0/s1. The molecule has 2 unspecified atom stereocenters. The monoisotopic (exact) mass is 555 g/mol. The number of amides is 3. The number of ether oxygens (including phenoxy) is 2. The fourth-order valence-electron chi connectivity index (χ4n) is 4.32. The highest BCUT2D eigenvalue weighted by molar-refractivity contribution is 6.40. The summed E-state index contributed by atoms with van der Waals surface area (Å²) in [5.41, 5.74) is 0.413. The van der Waals surface area contributed by atoms with Crippen LogP contribution in [0.25, 0.3) is 10.8 Å². The quantitative estimate of drug-likeness (QED) is 0.237. The SMILES string of the molecule is CC1CC(OCC(=O)[C@H](CC(=O)O)NC(=O)[C@@H](NC(=O)C(=O)Nc2cccc3ccccc23)C(C)C)CC(=O)O1. The predicted octanol–water partition coefficient (Wildman–Crippen LogP) is 1.56. The van der Waals surface area contributed by atoms with Crippen molar-refractivity contribution in [3.05, 3.63) is 42.5 Å². The van der Waals surface area contributed by atoms with Gasteiger partial charge in [-0.25, -0.2) is 0 Å². The number of esters is 1. The van der Waals surface area contributed by atoms with Crippen molar-refractivity contribution in [2.45, 2.75) is 64.3 Å². The van der Waals surface area contributed by atoms with Crippen LogP contribution in [0.15, 0.2) is 42.5 Å². The van der Waals surface area contributed by atoms with Gasteiger partial charge in [-0.3, -0.25) is 28.8 Å². The molecule has 0 bridgehead atoms. The number of hydrogen-bond donors (Lipinski definition) is 4. The molecule has 4 atom stereocenters. The highest BCUT2D eigenvalue weighted by Gasteiger charge is 2.33. The van der Waals surface area contributed by atoms with Crippen molar-refractivity contribution < 1.29 is 43.3 Å². The number of Topliss-reactive ketones (excluding diaryl/α,β-unsaturated/α-hetero) is 1. The Morgan fingerprint density at radius 1 is 1.02 bits per heavy atom. The number of cyclic esters (lactones) is 1. The predicted molar refractivity (Wildman–Crippen MR) is 143 cm³/mol. The Hall–Kier alpha value is -4.32. The van der Waals surface area contributed by atoms with E-state index in [9.17, 15) is 33.9 Å². The Kier molecular flexibility index (Phi) is 10.3. The highest BCUT2D eigenvalue weighted by atomic mass is 16.6. The molecule has 3 amide bonds. The van der Waals surface area contributed by atoms with Crippen molar-refractivity contribution in [1.82, 2.24) is 10.6 Å². The fraction of sp³-hybridized carbons (Fsp3) is 0.429. The van der Waals surface area contributed by atoms with Gasteiger partial charge in [0.1, 0.15) is 24.8 Å². The van der Waals surface area contributed by atoms with Crippen LogP contribution in [0.5, 0.6) is 0 Å². The third kappa shape index (κ3) is 8.34. The maximum Gasteiger partial charge on any atom is 0.313 e. The molecule has 1 fully saturated rings. The van der Waals surface area contributed by atoms with Gasteiger partial charge in [-0.1, -0.05) is 50.2 Å². The smallest absolute Gasteiger partial charge is 0.313 e. The summed E-state index contributed by atoms with van der Waals surface area (Å²) in [5.74, 6) is -5.95. The van der Waals surface area contributed by atoms with Crippen LogP contribution in [-0.4, -0.2) is 71.4 Å². The van der Waals surface area contributed by atoms with Gasteiger partial charge in [-0.2, -0.15) is 0 Å². The number of benzene rings is 2. The van der Waals surface area contributed by atoms with Gasteiger partial charge >= 0.3 is 23.8 Å². The van der Waals surface area contributed by atoms with Gasteiger partial charge in [0.15, 0.2) is 5.78 Å². The third-order valence-corrected chi connectivity index (χ3v) is 6.35. The lowest BCUT2D eigenvalue weighted by atomic mass is 10.0. The molecule has 214 valence electrons. The van der Waals surface area contributed by atoms with E-state index in [2.05, 4.69) is 16.0 Å². The summed E-state index contributed by atoms with van der Waals surface area (Å²) in [6, 6.07) is 9.79. The minimum atomic E-state index is -1.46. The molecule has 0 radical (unpaired) electrons. The molecule has 40 heavy (non-hydrogen) atoms. The molecular weight excluding hydrogens is 522 g/mol. The topological polar surface area (TPSA) is 177 Å². The molecule has 1 heterocycles. The van der Waals surface area contributed by atoms with E-state index in [-0.39, 0.29) is 12.5 Å². The molecular formula is C28H33N3O9. The first-order valence-corrected chi connectivity index (χ1v) is 12.9. The van der Waals surface area contributed by atoms with E-state index >= 15 is 0 Å². The summed E-state index contributed by atoms with van der Waals surface area (Å²) in [7, 11) is 0. The summed E-state index contributed by atoms with van der Waals surface area (Å²) in [4.78, 5) is 74.2. The van der Waals surface area contributed by atoms with Crippen LogP contribution < -0.4 is 16.0 Å². The largest absolute Gasteiger partial charge is 0.481 e. The van der Waals surface area contributed by atoms with E-state index in [1.165, 1.54) is 0 Å². The molecule has 0 aliphatic carbocycles. The van der Waals surface area contributed by atoms with E-state index in [4.69, 9.17) is 9.47 Å². The molecule has 3 rings (SSSR count). The number of fused-ring (bicyclic) bond motifs is 1. The molecule has 0 saturated carbocycles.